The minimum atomic E-state index is 0.0234. The van der Waals surface area contributed by atoms with Gasteiger partial charge < -0.3 is 19.1 Å². The quantitative estimate of drug-likeness (QED) is 0.526. The number of ether oxygens (including phenoxy) is 1. The number of para-hydroxylation sites is 1. The summed E-state index contributed by atoms with van der Waals surface area (Å²) in [5.74, 6) is 2.64. The second-order valence-corrected chi connectivity index (χ2v) is 8.52. The van der Waals surface area contributed by atoms with Crippen LogP contribution in [0, 0.1) is 0 Å². The van der Waals surface area contributed by atoms with Crippen molar-refractivity contribution in [1.29, 1.82) is 0 Å². The molecule has 1 amide bonds. The smallest absolute Gasteiger partial charge is 0.246 e. The number of benzene rings is 2. The van der Waals surface area contributed by atoms with Crippen molar-refractivity contribution in [3.05, 3.63) is 66.1 Å². The summed E-state index contributed by atoms with van der Waals surface area (Å²) in [7, 11) is 1.63. The number of carbonyl (C=O) groups is 1. The standard InChI is InChI=1S/C26H28N4O3/c1-32-23-8-3-2-5-19(23)11-14-24(31)30-17-15-29(16-18-30)22-12-9-20(10-13-22)25-27-26(33-28-25)21-6-4-7-21/h2-3,5,8-14,21H,4,6-7,15-18H2,1H3/b14-11+. The zero-order chi connectivity index (χ0) is 22.6. The maximum atomic E-state index is 12.6. The molecular formula is C26H28N4O3. The molecule has 33 heavy (non-hydrogen) atoms. The molecule has 2 aliphatic rings. The number of methoxy groups -OCH3 is 1. The Morgan fingerprint density at radius 3 is 2.52 bits per heavy atom. The third-order valence-corrected chi connectivity index (χ3v) is 6.52. The van der Waals surface area contributed by atoms with Gasteiger partial charge in [0.25, 0.3) is 0 Å². The first-order valence-electron chi connectivity index (χ1n) is 11.5. The second kappa shape index (κ2) is 9.48. The number of nitrogens with zero attached hydrogens (tertiary/aromatic N) is 4. The van der Waals surface area contributed by atoms with Crippen molar-refractivity contribution in [2.45, 2.75) is 25.2 Å². The van der Waals surface area contributed by atoms with Gasteiger partial charge in [-0.25, -0.2) is 0 Å². The molecule has 1 aliphatic heterocycles. The number of hydrogen-bond donors (Lipinski definition) is 0. The molecule has 1 aromatic heterocycles. The predicted octanol–water partition coefficient (Wildman–Crippen LogP) is 4.37. The van der Waals surface area contributed by atoms with E-state index in [1.165, 1.54) is 6.42 Å². The molecular weight excluding hydrogens is 416 g/mol. The summed E-state index contributed by atoms with van der Waals surface area (Å²) in [5, 5.41) is 4.15. The number of aromatic nitrogens is 2. The fourth-order valence-corrected chi connectivity index (χ4v) is 4.25. The number of rotatable bonds is 6. The van der Waals surface area contributed by atoms with Crippen LogP contribution in [0.15, 0.2) is 59.1 Å². The van der Waals surface area contributed by atoms with E-state index in [2.05, 4.69) is 27.2 Å². The molecule has 1 saturated carbocycles. The molecule has 2 heterocycles. The van der Waals surface area contributed by atoms with Gasteiger partial charge in [-0.2, -0.15) is 4.98 Å². The third kappa shape index (κ3) is 4.62. The van der Waals surface area contributed by atoms with Crippen molar-refractivity contribution < 1.29 is 14.1 Å². The number of amides is 1. The van der Waals surface area contributed by atoms with Crippen LogP contribution in [0.25, 0.3) is 17.5 Å². The maximum absolute atomic E-state index is 12.6. The Bertz CT molecular complexity index is 1130. The van der Waals surface area contributed by atoms with Crippen LogP contribution in [0.5, 0.6) is 5.75 Å². The summed E-state index contributed by atoms with van der Waals surface area (Å²) in [5.41, 5.74) is 3.00. The van der Waals surface area contributed by atoms with E-state index in [1.54, 1.807) is 13.2 Å². The monoisotopic (exact) mass is 444 g/mol. The molecule has 3 aromatic rings. The largest absolute Gasteiger partial charge is 0.496 e. The average molecular weight is 445 g/mol. The molecule has 0 unspecified atom stereocenters. The second-order valence-electron chi connectivity index (χ2n) is 8.52. The van der Waals surface area contributed by atoms with Crippen molar-refractivity contribution >= 4 is 17.7 Å². The fraction of sp³-hybridized carbons (Fsp3) is 0.346. The lowest BCUT2D eigenvalue weighted by molar-refractivity contribution is -0.126. The van der Waals surface area contributed by atoms with Gasteiger partial charge in [-0.05, 0) is 49.2 Å². The summed E-state index contributed by atoms with van der Waals surface area (Å²) in [6.45, 7) is 2.96. The topological polar surface area (TPSA) is 71.7 Å². The fourth-order valence-electron chi connectivity index (χ4n) is 4.25. The Kier molecular flexibility index (Phi) is 6.11. The van der Waals surface area contributed by atoms with Gasteiger partial charge in [-0.1, -0.05) is 29.8 Å². The molecule has 0 N–H and O–H groups in total. The lowest BCUT2D eigenvalue weighted by Gasteiger charge is -2.35. The van der Waals surface area contributed by atoms with E-state index in [4.69, 9.17) is 9.26 Å². The zero-order valence-electron chi connectivity index (χ0n) is 18.8. The Morgan fingerprint density at radius 1 is 1.06 bits per heavy atom. The van der Waals surface area contributed by atoms with Crippen molar-refractivity contribution in [2.24, 2.45) is 0 Å². The van der Waals surface area contributed by atoms with Gasteiger partial charge >= 0.3 is 0 Å². The summed E-state index contributed by atoms with van der Waals surface area (Å²) in [6.07, 6.45) is 6.98. The lowest BCUT2D eigenvalue weighted by Crippen LogP contribution is -2.48. The van der Waals surface area contributed by atoms with Gasteiger partial charge in [0.05, 0.1) is 7.11 Å². The van der Waals surface area contributed by atoms with E-state index in [0.717, 1.165) is 54.4 Å². The molecule has 170 valence electrons. The first-order chi connectivity index (χ1) is 16.2. The Hall–Kier alpha value is -3.61. The highest BCUT2D eigenvalue weighted by Gasteiger charge is 2.26. The Labute approximate surface area is 193 Å². The van der Waals surface area contributed by atoms with E-state index in [1.807, 2.05) is 47.4 Å². The predicted molar refractivity (Wildman–Crippen MR) is 127 cm³/mol. The van der Waals surface area contributed by atoms with Gasteiger partial charge in [0.15, 0.2) is 0 Å². The highest BCUT2D eigenvalue weighted by atomic mass is 16.5. The Balaban J connectivity index is 1.16. The van der Waals surface area contributed by atoms with Crippen LogP contribution in [0.2, 0.25) is 0 Å². The summed E-state index contributed by atoms with van der Waals surface area (Å²) in [6, 6.07) is 15.9. The number of carbonyl (C=O) groups excluding carboxylic acids is 1. The molecule has 0 atom stereocenters. The highest BCUT2D eigenvalue weighted by molar-refractivity contribution is 5.92. The van der Waals surface area contributed by atoms with Crippen molar-refractivity contribution in [2.75, 3.05) is 38.2 Å². The van der Waals surface area contributed by atoms with Crippen LogP contribution in [0.4, 0.5) is 5.69 Å². The summed E-state index contributed by atoms with van der Waals surface area (Å²) < 4.78 is 10.8. The molecule has 0 radical (unpaired) electrons. The SMILES string of the molecule is COc1ccccc1/C=C/C(=O)N1CCN(c2ccc(-c3noc(C4CCC4)n3)cc2)CC1. The number of piperazine rings is 1. The normalized spacial score (nSPS) is 16.8. The van der Waals surface area contributed by atoms with Crippen molar-refractivity contribution in [3.63, 3.8) is 0 Å². The van der Waals surface area contributed by atoms with Crippen molar-refractivity contribution in [3.8, 4) is 17.1 Å². The van der Waals surface area contributed by atoms with Crippen LogP contribution < -0.4 is 9.64 Å². The first-order valence-corrected chi connectivity index (χ1v) is 11.5. The summed E-state index contributed by atoms with van der Waals surface area (Å²) >= 11 is 0. The molecule has 7 nitrogen and oxygen atoms in total. The van der Waals surface area contributed by atoms with Crippen LogP contribution in [0.3, 0.4) is 0 Å². The molecule has 1 aliphatic carbocycles. The average Bonchev–Trinajstić information content (AvgIpc) is 3.31. The van der Waals surface area contributed by atoms with E-state index >= 15 is 0 Å². The van der Waals surface area contributed by atoms with Gasteiger partial charge in [0, 0.05) is 55.0 Å². The molecule has 0 spiro atoms. The lowest BCUT2D eigenvalue weighted by atomic mass is 9.85. The van der Waals surface area contributed by atoms with Crippen LogP contribution in [-0.2, 0) is 4.79 Å². The third-order valence-electron chi connectivity index (χ3n) is 6.52. The molecule has 0 bridgehead atoms. The minimum absolute atomic E-state index is 0.0234. The molecule has 7 heteroatoms. The highest BCUT2D eigenvalue weighted by Crippen LogP contribution is 2.36. The number of hydrogen-bond acceptors (Lipinski definition) is 6. The molecule has 1 saturated heterocycles. The van der Waals surface area contributed by atoms with Crippen molar-refractivity contribution in [1.82, 2.24) is 15.0 Å². The Morgan fingerprint density at radius 2 is 1.82 bits per heavy atom. The minimum Gasteiger partial charge on any atom is -0.496 e. The van der Waals surface area contributed by atoms with Crippen LogP contribution in [0.1, 0.15) is 36.6 Å². The van der Waals surface area contributed by atoms with Crippen LogP contribution >= 0.6 is 0 Å². The van der Waals surface area contributed by atoms with E-state index in [9.17, 15) is 4.79 Å². The van der Waals surface area contributed by atoms with E-state index in [-0.39, 0.29) is 5.91 Å². The number of anilines is 1. The molecule has 5 rings (SSSR count). The zero-order valence-corrected chi connectivity index (χ0v) is 18.8. The molecule has 2 aromatic carbocycles. The molecule has 2 fully saturated rings. The summed E-state index contributed by atoms with van der Waals surface area (Å²) in [4.78, 5) is 21.4. The van der Waals surface area contributed by atoms with Gasteiger partial charge in [0.2, 0.25) is 17.6 Å². The maximum Gasteiger partial charge on any atom is 0.246 e. The van der Waals surface area contributed by atoms with Gasteiger partial charge in [0.1, 0.15) is 5.75 Å². The van der Waals surface area contributed by atoms with E-state index in [0.29, 0.717) is 24.8 Å². The van der Waals surface area contributed by atoms with E-state index < -0.39 is 0 Å². The van der Waals surface area contributed by atoms with Crippen LogP contribution in [-0.4, -0.2) is 54.2 Å². The first kappa shape index (κ1) is 21.2. The van der Waals surface area contributed by atoms with Gasteiger partial charge in [-0.3, -0.25) is 4.79 Å². The van der Waals surface area contributed by atoms with Gasteiger partial charge in [-0.15, -0.1) is 0 Å².